The fraction of sp³-hybridized carbons (Fsp3) is 0.667. The summed E-state index contributed by atoms with van der Waals surface area (Å²) in [5.41, 5.74) is 0.852. The summed E-state index contributed by atoms with van der Waals surface area (Å²) in [5.74, 6) is -0.000867. The van der Waals surface area contributed by atoms with Gasteiger partial charge in [0.25, 0.3) is 0 Å². The molecule has 1 amide bonds. The largest absolute Gasteiger partial charge is 0.334 e. The minimum absolute atomic E-state index is 0.201. The van der Waals surface area contributed by atoms with E-state index in [1.807, 2.05) is 18.0 Å². The number of amides is 1. The normalized spacial score (nSPS) is 33.4. The molecule has 3 aliphatic rings. The van der Waals surface area contributed by atoms with E-state index in [4.69, 9.17) is 0 Å². The fourth-order valence-corrected chi connectivity index (χ4v) is 5.62. The van der Waals surface area contributed by atoms with Gasteiger partial charge in [-0.3, -0.25) is 9.69 Å². The van der Waals surface area contributed by atoms with E-state index in [9.17, 15) is 9.18 Å². The van der Waals surface area contributed by atoms with Crippen molar-refractivity contribution in [3.05, 3.63) is 35.6 Å². The van der Waals surface area contributed by atoms with Crippen molar-refractivity contribution in [2.75, 3.05) is 20.1 Å². The van der Waals surface area contributed by atoms with Crippen LogP contribution in [0, 0.1) is 11.2 Å². The highest BCUT2D eigenvalue weighted by atomic mass is 19.1. The molecule has 4 atom stereocenters. The van der Waals surface area contributed by atoms with Crippen molar-refractivity contribution >= 4 is 5.91 Å². The number of carbonyl (C=O) groups excluding carboxylic acids is 1. The maximum absolute atomic E-state index is 13.9. The van der Waals surface area contributed by atoms with E-state index >= 15 is 0 Å². The lowest BCUT2D eigenvalue weighted by Gasteiger charge is -2.39. The van der Waals surface area contributed by atoms with E-state index in [2.05, 4.69) is 17.1 Å². The summed E-state index contributed by atoms with van der Waals surface area (Å²) in [4.78, 5) is 17.3. The zero-order chi connectivity index (χ0) is 18.3. The zero-order valence-electron chi connectivity index (χ0n) is 15.9. The molecule has 1 N–H and O–H groups in total. The van der Waals surface area contributed by atoms with Crippen LogP contribution in [-0.4, -0.2) is 54.0 Å². The van der Waals surface area contributed by atoms with Gasteiger partial charge in [-0.2, -0.15) is 0 Å². The van der Waals surface area contributed by atoms with Gasteiger partial charge in [0.2, 0.25) is 5.91 Å². The van der Waals surface area contributed by atoms with Gasteiger partial charge in [0, 0.05) is 42.2 Å². The van der Waals surface area contributed by atoms with Crippen LogP contribution in [0.2, 0.25) is 0 Å². The number of nitrogens with zero attached hydrogens (tertiary/aromatic N) is 2. The molecule has 0 unspecified atom stereocenters. The first-order valence-corrected chi connectivity index (χ1v) is 9.95. The standard InChI is InChI=1S/C21H30FN3O/c1-21-11-16-12-23-18(21)9-5-6-10-19(21)25(16)20(26)14-24(2)13-15-7-3-4-8-17(15)22/h3-4,7-8,16,18-19,23H,5-6,9-14H2,1-2H3/t16-,18+,19-,21+/m0/s1. The molecule has 0 radical (unpaired) electrons. The van der Waals surface area contributed by atoms with Gasteiger partial charge < -0.3 is 10.2 Å². The first kappa shape index (κ1) is 17.9. The lowest BCUT2D eigenvalue weighted by molar-refractivity contribution is -0.135. The molecule has 2 bridgehead atoms. The number of likely N-dealkylation sites (N-methyl/N-ethyl adjacent to an activating group) is 1. The molecule has 1 aromatic carbocycles. The molecule has 142 valence electrons. The number of hydrogen-bond acceptors (Lipinski definition) is 3. The van der Waals surface area contributed by atoms with Crippen LogP contribution < -0.4 is 5.32 Å². The summed E-state index contributed by atoms with van der Waals surface area (Å²) in [6, 6.07) is 8.02. The first-order chi connectivity index (χ1) is 12.5. The molecule has 1 aliphatic carbocycles. The van der Waals surface area contributed by atoms with Gasteiger partial charge in [-0.25, -0.2) is 4.39 Å². The quantitative estimate of drug-likeness (QED) is 0.898. The predicted molar refractivity (Wildman–Crippen MR) is 100 cm³/mol. The average molecular weight is 359 g/mol. The van der Waals surface area contributed by atoms with E-state index in [0.717, 1.165) is 19.4 Å². The Balaban J connectivity index is 1.47. The minimum atomic E-state index is -0.202. The number of nitrogens with one attached hydrogen (secondary N) is 1. The van der Waals surface area contributed by atoms with Gasteiger partial charge in [0.1, 0.15) is 5.82 Å². The lowest BCUT2D eigenvalue weighted by Crippen LogP contribution is -2.51. The monoisotopic (exact) mass is 359 g/mol. The van der Waals surface area contributed by atoms with Gasteiger partial charge in [-0.05, 0) is 32.4 Å². The number of likely N-dealkylation sites (tertiary alicyclic amines) is 1. The van der Waals surface area contributed by atoms with Crippen molar-refractivity contribution in [2.24, 2.45) is 5.41 Å². The average Bonchev–Trinajstić information content (AvgIpc) is 2.71. The summed E-state index contributed by atoms with van der Waals surface area (Å²) in [6.45, 7) is 4.10. The second kappa shape index (κ2) is 6.93. The zero-order valence-corrected chi connectivity index (χ0v) is 15.9. The van der Waals surface area contributed by atoms with E-state index in [0.29, 0.717) is 36.8 Å². The Morgan fingerprint density at radius 2 is 2.12 bits per heavy atom. The third-order valence-corrected chi connectivity index (χ3v) is 6.87. The van der Waals surface area contributed by atoms with E-state index in [-0.39, 0.29) is 17.1 Å². The molecular weight excluding hydrogens is 329 g/mol. The summed E-state index contributed by atoms with van der Waals surface area (Å²) in [6.07, 6.45) is 5.94. The Labute approximate surface area is 155 Å². The molecule has 3 fully saturated rings. The van der Waals surface area contributed by atoms with Crippen molar-refractivity contribution in [1.82, 2.24) is 15.1 Å². The van der Waals surface area contributed by atoms with Crippen molar-refractivity contribution < 1.29 is 9.18 Å². The van der Waals surface area contributed by atoms with Crippen molar-refractivity contribution in [3.8, 4) is 0 Å². The molecular formula is C21H30FN3O. The molecule has 4 rings (SSSR count). The molecule has 0 aromatic heterocycles. The van der Waals surface area contributed by atoms with Crippen LogP contribution in [0.1, 0.15) is 44.6 Å². The van der Waals surface area contributed by atoms with Gasteiger partial charge in [-0.15, -0.1) is 0 Å². The van der Waals surface area contributed by atoms with E-state index < -0.39 is 0 Å². The number of fused-ring (bicyclic) bond motifs is 1. The van der Waals surface area contributed by atoms with Crippen LogP contribution in [0.5, 0.6) is 0 Å². The Bertz CT molecular complexity index is 681. The van der Waals surface area contributed by atoms with E-state index in [1.54, 1.807) is 12.1 Å². The summed E-state index contributed by atoms with van der Waals surface area (Å²) < 4.78 is 13.9. The molecule has 1 aromatic rings. The highest BCUT2D eigenvalue weighted by Crippen LogP contribution is 2.50. The number of rotatable bonds is 4. The predicted octanol–water partition coefficient (Wildman–Crippen LogP) is 2.78. The number of halogens is 1. The number of hydrogen-bond donors (Lipinski definition) is 1. The maximum Gasteiger partial charge on any atom is 0.237 e. The van der Waals surface area contributed by atoms with Crippen LogP contribution >= 0.6 is 0 Å². The molecule has 2 saturated heterocycles. The molecule has 0 spiro atoms. The lowest BCUT2D eigenvalue weighted by atomic mass is 9.72. The van der Waals surface area contributed by atoms with Gasteiger partial charge in [-0.1, -0.05) is 38.0 Å². The Hall–Kier alpha value is -1.46. The minimum Gasteiger partial charge on any atom is -0.334 e. The highest BCUT2D eigenvalue weighted by Gasteiger charge is 2.57. The topological polar surface area (TPSA) is 35.6 Å². The Kier molecular flexibility index (Phi) is 4.78. The molecule has 4 nitrogen and oxygen atoms in total. The molecule has 5 heteroatoms. The highest BCUT2D eigenvalue weighted by molar-refractivity contribution is 5.79. The molecule has 2 heterocycles. The number of carbonyl (C=O) groups is 1. The Morgan fingerprint density at radius 3 is 2.92 bits per heavy atom. The van der Waals surface area contributed by atoms with E-state index in [1.165, 1.54) is 25.3 Å². The van der Waals surface area contributed by atoms with Crippen molar-refractivity contribution in [3.63, 3.8) is 0 Å². The van der Waals surface area contributed by atoms with Crippen LogP contribution in [0.25, 0.3) is 0 Å². The molecule has 26 heavy (non-hydrogen) atoms. The smallest absolute Gasteiger partial charge is 0.237 e. The first-order valence-electron chi connectivity index (χ1n) is 9.95. The van der Waals surface area contributed by atoms with Gasteiger partial charge in [0.15, 0.2) is 0 Å². The van der Waals surface area contributed by atoms with Crippen LogP contribution in [-0.2, 0) is 11.3 Å². The molecule has 1 saturated carbocycles. The van der Waals surface area contributed by atoms with Crippen molar-refractivity contribution in [1.29, 1.82) is 0 Å². The second-order valence-corrected chi connectivity index (χ2v) is 8.69. The van der Waals surface area contributed by atoms with Crippen molar-refractivity contribution in [2.45, 2.75) is 63.7 Å². The van der Waals surface area contributed by atoms with Crippen LogP contribution in [0.15, 0.2) is 24.3 Å². The van der Waals surface area contributed by atoms with Crippen LogP contribution in [0.4, 0.5) is 4.39 Å². The SMILES string of the molecule is CN(CC(=O)N1[C@@H]2CN[C@@H]3CCCC[C@H]1[C@]3(C)C2)Cc1ccccc1F. The maximum atomic E-state index is 13.9. The Morgan fingerprint density at radius 1 is 1.35 bits per heavy atom. The molecule has 2 aliphatic heterocycles. The number of piperidine rings is 1. The number of benzene rings is 1. The third kappa shape index (κ3) is 3.05. The summed E-state index contributed by atoms with van der Waals surface area (Å²) in [5, 5.41) is 3.72. The fourth-order valence-electron chi connectivity index (χ4n) is 5.62. The summed E-state index contributed by atoms with van der Waals surface area (Å²) >= 11 is 0. The second-order valence-electron chi connectivity index (χ2n) is 8.69. The van der Waals surface area contributed by atoms with Crippen LogP contribution in [0.3, 0.4) is 0 Å². The van der Waals surface area contributed by atoms with Gasteiger partial charge >= 0.3 is 0 Å². The van der Waals surface area contributed by atoms with Gasteiger partial charge in [0.05, 0.1) is 6.54 Å². The summed E-state index contributed by atoms with van der Waals surface area (Å²) in [7, 11) is 1.91. The third-order valence-electron chi connectivity index (χ3n) is 6.87.